The van der Waals surface area contributed by atoms with Crippen molar-refractivity contribution in [2.45, 2.75) is 58.6 Å². The second-order valence-corrected chi connectivity index (χ2v) is 8.44. The van der Waals surface area contributed by atoms with Crippen molar-refractivity contribution < 1.29 is 19.1 Å². The molecule has 1 aromatic rings. The van der Waals surface area contributed by atoms with E-state index in [1.165, 1.54) is 0 Å². The summed E-state index contributed by atoms with van der Waals surface area (Å²) in [6.45, 7) is 8.43. The van der Waals surface area contributed by atoms with Crippen molar-refractivity contribution in [1.82, 2.24) is 4.90 Å². The van der Waals surface area contributed by atoms with Crippen LogP contribution in [0.1, 0.15) is 47.0 Å². The SMILES string of the molecule is CCN(C(=O)C1CCCCN1C(=O)OC(C)(C)C)c1cc(OC)ccc1Br. The molecule has 1 saturated heterocycles. The van der Waals surface area contributed by atoms with Crippen LogP contribution in [0.25, 0.3) is 0 Å². The van der Waals surface area contributed by atoms with Crippen LogP contribution >= 0.6 is 15.9 Å². The summed E-state index contributed by atoms with van der Waals surface area (Å²) in [6.07, 6.45) is 1.99. The average molecular weight is 441 g/mol. The molecule has 2 amide bonds. The Morgan fingerprint density at radius 3 is 2.59 bits per heavy atom. The monoisotopic (exact) mass is 440 g/mol. The lowest BCUT2D eigenvalue weighted by Gasteiger charge is -2.38. The first-order chi connectivity index (χ1) is 12.7. The lowest BCUT2D eigenvalue weighted by Crippen LogP contribution is -2.54. The number of amides is 2. The van der Waals surface area contributed by atoms with E-state index in [1.54, 1.807) is 16.9 Å². The largest absolute Gasteiger partial charge is 0.497 e. The Balaban J connectivity index is 2.29. The van der Waals surface area contributed by atoms with Gasteiger partial charge in [0.25, 0.3) is 0 Å². The summed E-state index contributed by atoms with van der Waals surface area (Å²) in [5.41, 5.74) is 0.138. The Labute approximate surface area is 169 Å². The van der Waals surface area contributed by atoms with Crippen LogP contribution in [0, 0.1) is 0 Å². The molecule has 0 aliphatic carbocycles. The quantitative estimate of drug-likeness (QED) is 0.685. The Morgan fingerprint density at radius 1 is 1.30 bits per heavy atom. The van der Waals surface area contributed by atoms with Gasteiger partial charge in [-0.3, -0.25) is 9.69 Å². The maximum atomic E-state index is 13.4. The van der Waals surface area contributed by atoms with E-state index in [9.17, 15) is 9.59 Å². The summed E-state index contributed by atoms with van der Waals surface area (Å²) in [4.78, 5) is 29.3. The van der Waals surface area contributed by atoms with E-state index >= 15 is 0 Å². The van der Waals surface area contributed by atoms with Crippen molar-refractivity contribution in [3.05, 3.63) is 22.7 Å². The van der Waals surface area contributed by atoms with E-state index in [2.05, 4.69) is 15.9 Å². The average Bonchev–Trinajstić information content (AvgIpc) is 2.62. The highest BCUT2D eigenvalue weighted by molar-refractivity contribution is 9.10. The zero-order valence-electron chi connectivity index (χ0n) is 16.8. The molecule has 27 heavy (non-hydrogen) atoms. The van der Waals surface area contributed by atoms with Crippen molar-refractivity contribution in [1.29, 1.82) is 0 Å². The van der Waals surface area contributed by atoms with E-state index in [1.807, 2.05) is 45.9 Å². The molecule has 1 heterocycles. The molecule has 0 spiro atoms. The molecule has 1 unspecified atom stereocenters. The Morgan fingerprint density at radius 2 is 2.00 bits per heavy atom. The maximum absolute atomic E-state index is 13.4. The van der Waals surface area contributed by atoms with Crippen molar-refractivity contribution in [2.24, 2.45) is 0 Å². The van der Waals surface area contributed by atoms with Gasteiger partial charge in [0.05, 0.1) is 12.8 Å². The predicted octanol–water partition coefficient (Wildman–Crippen LogP) is 4.60. The zero-order valence-corrected chi connectivity index (χ0v) is 18.3. The molecule has 1 aliphatic heterocycles. The molecule has 0 N–H and O–H groups in total. The molecule has 1 aromatic carbocycles. The lowest BCUT2D eigenvalue weighted by molar-refractivity contribution is -0.124. The molecular formula is C20H29BrN2O4. The van der Waals surface area contributed by atoms with Crippen LogP contribution in [0.5, 0.6) is 5.75 Å². The number of piperidine rings is 1. The molecule has 6 nitrogen and oxygen atoms in total. The van der Waals surface area contributed by atoms with Crippen molar-refractivity contribution >= 4 is 33.6 Å². The number of carbonyl (C=O) groups excluding carboxylic acids is 2. The third-order valence-corrected chi connectivity index (χ3v) is 5.11. The van der Waals surface area contributed by atoms with Crippen molar-refractivity contribution in [2.75, 3.05) is 25.1 Å². The summed E-state index contributed by atoms with van der Waals surface area (Å²) in [6, 6.07) is 4.99. The van der Waals surface area contributed by atoms with Crippen LogP contribution in [-0.4, -0.2) is 48.7 Å². The zero-order chi connectivity index (χ0) is 20.2. The van der Waals surface area contributed by atoms with E-state index in [0.29, 0.717) is 25.3 Å². The summed E-state index contributed by atoms with van der Waals surface area (Å²) < 4.78 is 11.6. The maximum Gasteiger partial charge on any atom is 0.410 e. The number of benzene rings is 1. The van der Waals surface area contributed by atoms with E-state index in [0.717, 1.165) is 23.0 Å². The van der Waals surface area contributed by atoms with Gasteiger partial charge in [0.2, 0.25) is 5.91 Å². The standard InChI is InChI=1S/C20H29BrN2O4/c1-6-22(17-13-14(26-5)10-11-15(17)21)18(24)16-9-7-8-12-23(16)19(25)27-20(2,3)4/h10-11,13,16H,6-9,12H2,1-5H3. The van der Waals surface area contributed by atoms with Crippen LogP contribution in [-0.2, 0) is 9.53 Å². The molecule has 1 fully saturated rings. The second-order valence-electron chi connectivity index (χ2n) is 7.59. The van der Waals surface area contributed by atoms with Crippen LogP contribution in [0.15, 0.2) is 22.7 Å². The number of hydrogen-bond donors (Lipinski definition) is 0. The number of likely N-dealkylation sites (tertiary alicyclic amines) is 1. The minimum Gasteiger partial charge on any atom is -0.497 e. The molecule has 150 valence electrons. The van der Waals surface area contributed by atoms with Gasteiger partial charge in [0.1, 0.15) is 17.4 Å². The molecule has 0 aromatic heterocycles. The van der Waals surface area contributed by atoms with Gasteiger partial charge in [0.15, 0.2) is 0 Å². The highest BCUT2D eigenvalue weighted by Gasteiger charge is 2.37. The number of carbonyl (C=O) groups is 2. The van der Waals surface area contributed by atoms with Crippen LogP contribution in [0.3, 0.4) is 0 Å². The Kier molecular flexibility index (Phi) is 7.14. The number of rotatable bonds is 4. The van der Waals surface area contributed by atoms with Gasteiger partial charge in [-0.25, -0.2) is 4.79 Å². The van der Waals surface area contributed by atoms with Crippen molar-refractivity contribution in [3.63, 3.8) is 0 Å². The number of anilines is 1. The molecule has 2 rings (SSSR count). The smallest absolute Gasteiger partial charge is 0.410 e. The Bertz CT molecular complexity index is 687. The molecule has 1 atom stereocenters. The van der Waals surface area contributed by atoms with Gasteiger partial charge in [-0.2, -0.15) is 0 Å². The van der Waals surface area contributed by atoms with Crippen molar-refractivity contribution in [3.8, 4) is 5.75 Å². The van der Waals surface area contributed by atoms with Gasteiger partial charge >= 0.3 is 6.09 Å². The molecule has 0 radical (unpaired) electrons. The van der Waals surface area contributed by atoms with Gasteiger partial charge in [-0.05, 0) is 75.0 Å². The number of likely N-dealkylation sites (N-methyl/N-ethyl adjacent to an activating group) is 1. The summed E-state index contributed by atoms with van der Waals surface area (Å²) in [7, 11) is 1.59. The van der Waals surface area contributed by atoms with E-state index in [-0.39, 0.29) is 5.91 Å². The van der Waals surface area contributed by atoms with Crippen LogP contribution < -0.4 is 9.64 Å². The summed E-state index contributed by atoms with van der Waals surface area (Å²) in [5.74, 6) is 0.573. The summed E-state index contributed by atoms with van der Waals surface area (Å²) >= 11 is 3.52. The molecule has 1 aliphatic rings. The second kappa shape index (κ2) is 8.95. The van der Waals surface area contributed by atoms with Gasteiger partial charge < -0.3 is 14.4 Å². The molecular weight excluding hydrogens is 412 g/mol. The predicted molar refractivity (Wildman–Crippen MR) is 109 cm³/mol. The lowest BCUT2D eigenvalue weighted by atomic mass is 10.0. The fourth-order valence-electron chi connectivity index (χ4n) is 3.18. The third kappa shape index (κ3) is 5.37. The highest BCUT2D eigenvalue weighted by Crippen LogP contribution is 2.32. The van der Waals surface area contributed by atoms with Crippen LogP contribution in [0.2, 0.25) is 0 Å². The third-order valence-electron chi connectivity index (χ3n) is 4.44. The topological polar surface area (TPSA) is 59.1 Å². The van der Waals surface area contributed by atoms with Crippen LogP contribution in [0.4, 0.5) is 10.5 Å². The summed E-state index contributed by atoms with van der Waals surface area (Å²) in [5, 5.41) is 0. The van der Waals surface area contributed by atoms with Gasteiger partial charge in [-0.15, -0.1) is 0 Å². The number of nitrogens with zero attached hydrogens (tertiary/aromatic N) is 2. The minimum atomic E-state index is -0.595. The molecule has 0 saturated carbocycles. The number of ether oxygens (including phenoxy) is 2. The number of methoxy groups -OCH3 is 1. The van der Waals surface area contributed by atoms with Gasteiger partial charge in [0, 0.05) is 23.6 Å². The first-order valence-electron chi connectivity index (χ1n) is 9.32. The molecule has 7 heteroatoms. The number of hydrogen-bond acceptors (Lipinski definition) is 4. The number of halogens is 1. The fourth-order valence-corrected chi connectivity index (χ4v) is 3.64. The first-order valence-corrected chi connectivity index (χ1v) is 10.1. The van der Waals surface area contributed by atoms with Gasteiger partial charge in [-0.1, -0.05) is 0 Å². The first kappa shape index (κ1) is 21.5. The minimum absolute atomic E-state index is 0.1000. The van der Waals surface area contributed by atoms with E-state index in [4.69, 9.17) is 9.47 Å². The molecule has 0 bridgehead atoms. The Hall–Kier alpha value is -1.76. The highest BCUT2D eigenvalue weighted by atomic mass is 79.9. The normalized spacial score (nSPS) is 17.4. The van der Waals surface area contributed by atoms with E-state index < -0.39 is 17.7 Å². The fraction of sp³-hybridized carbons (Fsp3) is 0.600.